The summed E-state index contributed by atoms with van der Waals surface area (Å²) in [5, 5.41) is 4.15. The molecule has 0 saturated heterocycles. The van der Waals surface area contributed by atoms with E-state index >= 15 is 0 Å². The standard InChI is InChI=1S/C19H20N4OS/c1-22-10-4-11-23(17(24)8-7-14-9-12-25-13-14)19-18(22)20-15-5-2-3-6-16(15)21-19/h2-3,5-6,9,12-13H,4,7-8,10-11H2,1H3. The van der Waals surface area contributed by atoms with Crippen molar-refractivity contribution in [1.29, 1.82) is 0 Å². The summed E-state index contributed by atoms with van der Waals surface area (Å²) < 4.78 is 0. The van der Waals surface area contributed by atoms with Gasteiger partial charge in [0.2, 0.25) is 5.91 Å². The summed E-state index contributed by atoms with van der Waals surface area (Å²) >= 11 is 1.67. The van der Waals surface area contributed by atoms with Gasteiger partial charge >= 0.3 is 0 Å². The van der Waals surface area contributed by atoms with Crippen molar-refractivity contribution in [1.82, 2.24) is 9.97 Å². The number of thiophene rings is 1. The molecule has 0 unspecified atom stereocenters. The number of benzene rings is 1. The maximum absolute atomic E-state index is 12.9. The first-order valence-corrected chi connectivity index (χ1v) is 9.46. The third-order valence-corrected chi connectivity index (χ3v) is 5.27. The van der Waals surface area contributed by atoms with E-state index in [1.807, 2.05) is 41.6 Å². The first-order chi connectivity index (χ1) is 12.2. The van der Waals surface area contributed by atoms with Crippen LogP contribution in [0.3, 0.4) is 0 Å². The average Bonchev–Trinajstić information content (AvgIpc) is 3.10. The Morgan fingerprint density at radius 2 is 1.88 bits per heavy atom. The summed E-state index contributed by atoms with van der Waals surface area (Å²) in [6.45, 7) is 1.56. The number of hydrogen-bond donors (Lipinski definition) is 0. The second-order valence-electron chi connectivity index (χ2n) is 6.31. The number of aromatic nitrogens is 2. The molecule has 5 nitrogen and oxygen atoms in total. The second kappa shape index (κ2) is 6.80. The van der Waals surface area contributed by atoms with Crippen molar-refractivity contribution in [2.24, 2.45) is 0 Å². The topological polar surface area (TPSA) is 49.3 Å². The molecule has 1 aromatic carbocycles. The number of rotatable bonds is 3. The molecule has 1 amide bonds. The van der Waals surface area contributed by atoms with Gasteiger partial charge in [0.25, 0.3) is 0 Å². The molecule has 3 heterocycles. The van der Waals surface area contributed by atoms with E-state index in [-0.39, 0.29) is 5.91 Å². The summed E-state index contributed by atoms with van der Waals surface area (Å²) in [7, 11) is 2.02. The number of para-hydroxylation sites is 2. The monoisotopic (exact) mass is 352 g/mol. The summed E-state index contributed by atoms with van der Waals surface area (Å²) in [6, 6.07) is 9.90. The fraction of sp³-hybridized carbons (Fsp3) is 0.316. The van der Waals surface area contributed by atoms with Crippen LogP contribution in [-0.4, -0.2) is 36.0 Å². The molecule has 25 heavy (non-hydrogen) atoms. The van der Waals surface area contributed by atoms with E-state index in [1.54, 1.807) is 11.3 Å². The summed E-state index contributed by atoms with van der Waals surface area (Å²) in [6.07, 6.45) is 2.18. The Hall–Kier alpha value is -2.47. The first-order valence-electron chi connectivity index (χ1n) is 8.52. The Morgan fingerprint density at radius 3 is 2.60 bits per heavy atom. The zero-order chi connectivity index (χ0) is 17.2. The second-order valence-corrected chi connectivity index (χ2v) is 7.09. The zero-order valence-electron chi connectivity index (χ0n) is 14.2. The molecule has 0 radical (unpaired) electrons. The van der Waals surface area contributed by atoms with Crippen molar-refractivity contribution in [3.05, 3.63) is 46.7 Å². The number of aryl methyl sites for hydroxylation is 1. The predicted molar refractivity (Wildman–Crippen MR) is 102 cm³/mol. The molecule has 0 aliphatic carbocycles. The fourth-order valence-electron chi connectivity index (χ4n) is 3.16. The smallest absolute Gasteiger partial charge is 0.228 e. The van der Waals surface area contributed by atoms with E-state index in [2.05, 4.69) is 16.3 Å². The van der Waals surface area contributed by atoms with E-state index in [0.717, 1.165) is 36.2 Å². The van der Waals surface area contributed by atoms with Crippen molar-refractivity contribution in [3.63, 3.8) is 0 Å². The van der Waals surface area contributed by atoms with Gasteiger partial charge in [0, 0.05) is 26.6 Å². The van der Waals surface area contributed by atoms with Crippen LogP contribution in [0.15, 0.2) is 41.1 Å². The lowest BCUT2D eigenvalue weighted by Crippen LogP contribution is -2.32. The minimum absolute atomic E-state index is 0.118. The quantitative estimate of drug-likeness (QED) is 0.724. The van der Waals surface area contributed by atoms with Gasteiger partial charge in [0.15, 0.2) is 11.6 Å². The Morgan fingerprint density at radius 1 is 1.12 bits per heavy atom. The maximum atomic E-state index is 12.9. The molecule has 1 aliphatic rings. The van der Waals surface area contributed by atoms with E-state index in [0.29, 0.717) is 18.8 Å². The third-order valence-electron chi connectivity index (χ3n) is 4.54. The molecule has 0 N–H and O–H groups in total. The molecule has 4 rings (SSSR count). The van der Waals surface area contributed by atoms with Crippen molar-refractivity contribution in [2.75, 3.05) is 29.9 Å². The van der Waals surface area contributed by atoms with Crippen LogP contribution in [0.25, 0.3) is 11.0 Å². The van der Waals surface area contributed by atoms with Crippen molar-refractivity contribution in [3.8, 4) is 0 Å². The van der Waals surface area contributed by atoms with Crippen LogP contribution in [0.1, 0.15) is 18.4 Å². The first kappa shape index (κ1) is 16.0. The van der Waals surface area contributed by atoms with E-state index in [4.69, 9.17) is 9.97 Å². The van der Waals surface area contributed by atoms with Gasteiger partial charge in [0.1, 0.15) is 0 Å². The highest BCUT2D eigenvalue weighted by atomic mass is 32.1. The van der Waals surface area contributed by atoms with Gasteiger partial charge < -0.3 is 4.90 Å². The summed E-state index contributed by atoms with van der Waals surface area (Å²) in [5.74, 6) is 1.60. The van der Waals surface area contributed by atoms with Gasteiger partial charge in [-0.3, -0.25) is 9.69 Å². The van der Waals surface area contributed by atoms with Gasteiger partial charge in [0.05, 0.1) is 11.0 Å². The van der Waals surface area contributed by atoms with Gasteiger partial charge in [-0.25, -0.2) is 9.97 Å². The molecule has 0 saturated carbocycles. The lowest BCUT2D eigenvalue weighted by Gasteiger charge is -2.22. The lowest BCUT2D eigenvalue weighted by atomic mass is 10.2. The molecule has 0 spiro atoms. The third kappa shape index (κ3) is 3.22. The van der Waals surface area contributed by atoms with Gasteiger partial charge in [-0.2, -0.15) is 11.3 Å². The summed E-state index contributed by atoms with van der Waals surface area (Å²) in [5.41, 5.74) is 2.91. The Balaban J connectivity index is 1.67. The fourth-order valence-corrected chi connectivity index (χ4v) is 3.86. The number of carbonyl (C=O) groups is 1. The highest BCUT2D eigenvalue weighted by molar-refractivity contribution is 7.07. The highest BCUT2D eigenvalue weighted by Crippen LogP contribution is 2.30. The van der Waals surface area contributed by atoms with Crippen LogP contribution in [0.5, 0.6) is 0 Å². The normalized spacial score (nSPS) is 14.4. The molecule has 128 valence electrons. The van der Waals surface area contributed by atoms with Crippen LogP contribution in [-0.2, 0) is 11.2 Å². The molecule has 0 fully saturated rings. The number of hydrogen-bond acceptors (Lipinski definition) is 5. The minimum Gasteiger partial charge on any atom is -0.357 e. The van der Waals surface area contributed by atoms with Gasteiger partial charge in [-0.1, -0.05) is 12.1 Å². The minimum atomic E-state index is 0.118. The molecule has 0 atom stereocenters. The summed E-state index contributed by atoms with van der Waals surface area (Å²) in [4.78, 5) is 26.4. The van der Waals surface area contributed by atoms with E-state index in [9.17, 15) is 4.79 Å². The SMILES string of the molecule is CN1CCCN(C(=O)CCc2ccsc2)c2nc3ccccc3nc21. The molecule has 3 aromatic rings. The van der Waals surface area contributed by atoms with Crippen molar-refractivity contribution >= 4 is 39.9 Å². The number of fused-ring (bicyclic) bond motifs is 2. The van der Waals surface area contributed by atoms with Crippen molar-refractivity contribution < 1.29 is 4.79 Å². The van der Waals surface area contributed by atoms with E-state index in [1.165, 1.54) is 5.56 Å². The van der Waals surface area contributed by atoms with Crippen LogP contribution < -0.4 is 9.80 Å². The molecular formula is C19H20N4OS. The van der Waals surface area contributed by atoms with Crippen LogP contribution in [0, 0.1) is 0 Å². The van der Waals surface area contributed by atoms with Gasteiger partial charge in [-0.05, 0) is 47.4 Å². The zero-order valence-corrected chi connectivity index (χ0v) is 15.0. The van der Waals surface area contributed by atoms with Gasteiger partial charge in [-0.15, -0.1) is 0 Å². The van der Waals surface area contributed by atoms with Crippen LogP contribution >= 0.6 is 11.3 Å². The number of nitrogens with zero attached hydrogens (tertiary/aromatic N) is 4. The van der Waals surface area contributed by atoms with Crippen LogP contribution in [0.4, 0.5) is 11.6 Å². The highest BCUT2D eigenvalue weighted by Gasteiger charge is 2.26. The molecule has 2 aromatic heterocycles. The predicted octanol–water partition coefficient (Wildman–Crippen LogP) is 3.50. The molecule has 6 heteroatoms. The molecular weight excluding hydrogens is 332 g/mol. The van der Waals surface area contributed by atoms with E-state index < -0.39 is 0 Å². The Kier molecular flexibility index (Phi) is 4.36. The number of amides is 1. The van der Waals surface area contributed by atoms with Crippen LogP contribution in [0.2, 0.25) is 0 Å². The average molecular weight is 352 g/mol. The lowest BCUT2D eigenvalue weighted by molar-refractivity contribution is -0.118. The largest absolute Gasteiger partial charge is 0.357 e. The molecule has 1 aliphatic heterocycles. The van der Waals surface area contributed by atoms with Crippen molar-refractivity contribution in [2.45, 2.75) is 19.3 Å². The maximum Gasteiger partial charge on any atom is 0.228 e. The Bertz CT molecular complexity index is 894. The number of anilines is 2. The molecule has 0 bridgehead atoms. The number of carbonyl (C=O) groups excluding carboxylic acids is 1. The Labute approximate surface area is 150 Å².